The molecule has 0 unspecified atom stereocenters. The average Bonchev–Trinajstić information content (AvgIpc) is 3.48. The molecule has 1 aliphatic rings. The number of nitrogens with one attached hydrogen (secondary N) is 1. The molecule has 1 fully saturated rings. The Balaban J connectivity index is 1.40. The maximum Gasteiger partial charge on any atom is 0.573 e. The number of piperazine rings is 1. The van der Waals surface area contributed by atoms with Gasteiger partial charge in [0.2, 0.25) is 15.9 Å². The lowest BCUT2D eigenvalue weighted by Crippen LogP contribution is -2.60. The van der Waals surface area contributed by atoms with E-state index in [0.717, 1.165) is 56.7 Å². The van der Waals surface area contributed by atoms with Crippen LogP contribution >= 0.6 is 11.3 Å². The van der Waals surface area contributed by atoms with Gasteiger partial charge in [0.05, 0.1) is 28.8 Å². The van der Waals surface area contributed by atoms with Crippen molar-refractivity contribution in [1.82, 2.24) is 24.4 Å². The van der Waals surface area contributed by atoms with Crippen LogP contribution in [-0.4, -0.2) is 82.9 Å². The molecule has 2 aromatic heterocycles. The second-order valence-corrected chi connectivity index (χ2v) is 13.4. The number of ether oxygens (including phenoxy) is 2. The molecule has 14 nitrogen and oxygen atoms in total. The Labute approximate surface area is 281 Å². The summed E-state index contributed by atoms with van der Waals surface area (Å²) in [4.78, 5) is 42.9. The molecule has 1 aliphatic heterocycles. The first-order valence-electron chi connectivity index (χ1n) is 14.2. The summed E-state index contributed by atoms with van der Waals surface area (Å²) in [6.45, 7) is -1.11. The first-order chi connectivity index (χ1) is 23.4. The third-order valence-electron chi connectivity index (χ3n) is 7.12. The molecule has 268 valence electrons. The van der Waals surface area contributed by atoms with Gasteiger partial charge in [-0.3, -0.25) is 14.4 Å². The summed E-state index contributed by atoms with van der Waals surface area (Å²) >= 11 is 1.02. The fourth-order valence-electron chi connectivity index (χ4n) is 4.86. The quantitative estimate of drug-likeness (QED) is 0.216. The van der Waals surface area contributed by atoms with Crippen LogP contribution < -0.4 is 25.2 Å². The zero-order valence-electron chi connectivity index (χ0n) is 25.1. The minimum absolute atomic E-state index is 0.0273. The summed E-state index contributed by atoms with van der Waals surface area (Å²) in [6.07, 6.45) is -8.98. The molecule has 4 aromatic rings. The number of amides is 1. The molecule has 0 radical (unpaired) electrons. The van der Waals surface area contributed by atoms with Gasteiger partial charge in [-0.05, 0) is 42.0 Å². The number of alkyl halides is 6. The lowest BCUT2D eigenvalue weighted by atomic mass is 10.1. The van der Waals surface area contributed by atoms with Crippen molar-refractivity contribution in [3.8, 4) is 11.5 Å². The van der Waals surface area contributed by atoms with E-state index >= 15 is 0 Å². The van der Waals surface area contributed by atoms with Crippen molar-refractivity contribution in [3.05, 3.63) is 70.6 Å². The number of aryl methyl sites for hydroxylation is 1. The molecular weight excluding hydrogens is 726 g/mol. The van der Waals surface area contributed by atoms with Crippen LogP contribution in [-0.2, 0) is 32.7 Å². The second kappa shape index (κ2) is 14.1. The number of benzene rings is 2. The van der Waals surface area contributed by atoms with Crippen LogP contribution in [0.1, 0.15) is 12.0 Å². The van der Waals surface area contributed by atoms with Crippen LogP contribution in [0.4, 0.5) is 31.5 Å². The molecule has 0 saturated carbocycles. The van der Waals surface area contributed by atoms with E-state index < -0.39 is 62.6 Å². The Hall–Kier alpha value is -4.96. The average molecular weight is 751 g/mol. The number of aromatic nitrogens is 3. The standard InChI is InChI=1S/C28H24F6N6O8S2/c29-27(30,31)47-17-3-1-16(2-4-17)13-35-24(43)20-15-38(26-37-23-21(49-26)14-36-39(25(23)44)10-9-22(41)42)11-12-40(20)50(45,46)19-7-5-18(6-8-19)48-28(32,33)34/h1-8,14,20H,9-13,15H2,(H,35,43)(H,41,42)/t20-/m1/s1. The molecule has 5 rings (SSSR count). The van der Waals surface area contributed by atoms with E-state index in [2.05, 4.69) is 24.9 Å². The van der Waals surface area contributed by atoms with Crippen LogP contribution in [0.2, 0.25) is 0 Å². The third-order valence-corrected chi connectivity index (χ3v) is 10.1. The highest BCUT2D eigenvalue weighted by Gasteiger charge is 2.41. The fraction of sp³-hybridized carbons (Fsp3) is 0.321. The van der Waals surface area contributed by atoms with Crippen molar-refractivity contribution in [1.29, 1.82) is 0 Å². The molecule has 1 saturated heterocycles. The number of halogens is 6. The number of fused-ring (bicyclic) bond motifs is 1. The van der Waals surface area contributed by atoms with Gasteiger partial charge in [0.15, 0.2) is 10.6 Å². The molecule has 1 amide bonds. The van der Waals surface area contributed by atoms with Crippen molar-refractivity contribution in [2.45, 2.75) is 43.2 Å². The van der Waals surface area contributed by atoms with Gasteiger partial charge in [-0.25, -0.2) is 18.1 Å². The van der Waals surface area contributed by atoms with Gasteiger partial charge in [-0.15, -0.1) is 26.3 Å². The largest absolute Gasteiger partial charge is 0.573 e. The Morgan fingerprint density at radius 1 is 0.960 bits per heavy atom. The summed E-state index contributed by atoms with van der Waals surface area (Å²) in [5, 5.41) is 15.7. The van der Waals surface area contributed by atoms with Crippen LogP contribution in [0.5, 0.6) is 11.5 Å². The number of anilines is 1. The topological polar surface area (TPSA) is 173 Å². The lowest BCUT2D eigenvalue weighted by Gasteiger charge is -2.39. The number of carbonyl (C=O) groups excluding carboxylic acids is 1. The molecule has 50 heavy (non-hydrogen) atoms. The van der Waals surface area contributed by atoms with Crippen LogP contribution in [0.3, 0.4) is 0 Å². The number of hydrogen-bond acceptors (Lipinski definition) is 11. The van der Waals surface area contributed by atoms with E-state index in [9.17, 15) is 49.1 Å². The van der Waals surface area contributed by atoms with Crippen molar-refractivity contribution >= 4 is 48.6 Å². The van der Waals surface area contributed by atoms with Gasteiger partial charge in [0, 0.05) is 26.2 Å². The van der Waals surface area contributed by atoms with E-state index in [1.807, 2.05) is 0 Å². The van der Waals surface area contributed by atoms with Gasteiger partial charge in [0.25, 0.3) is 5.56 Å². The maximum absolute atomic E-state index is 13.8. The molecule has 0 bridgehead atoms. The van der Waals surface area contributed by atoms with E-state index in [1.165, 1.54) is 18.3 Å². The van der Waals surface area contributed by atoms with Crippen LogP contribution in [0.25, 0.3) is 10.2 Å². The highest BCUT2D eigenvalue weighted by Crippen LogP contribution is 2.31. The normalized spacial score (nSPS) is 16.0. The number of carbonyl (C=O) groups is 2. The Morgan fingerprint density at radius 3 is 2.14 bits per heavy atom. The van der Waals surface area contributed by atoms with E-state index in [4.69, 9.17) is 5.11 Å². The van der Waals surface area contributed by atoms with Gasteiger partial charge >= 0.3 is 18.7 Å². The Kier molecular flexibility index (Phi) is 10.3. The molecule has 22 heteroatoms. The summed E-state index contributed by atoms with van der Waals surface area (Å²) in [6, 6.07) is 6.47. The highest BCUT2D eigenvalue weighted by molar-refractivity contribution is 7.89. The molecule has 1 atom stereocenters. The molecule has 2 aromatic carbocycles. The molecule has 3 heterocycles. The van der Waals surface area contributed by atoms with E-state index in [1.54, 1.807) is 4.90 Å². The van der Waals surface area contributed by atoms with Crippen LogP contribution in [0, 0.1) is 0 Å². The smallest absolute Gasteiger partial charge is 0.481 e. The number of aliphatic carboxylic acids is 1. The Morgan fingerprint density at radius 2 is 1.56 bits per heavy atom. The molecule has 0 aliphatic carbocycles. The van der Waals surface area contributed by atoms with Crippen molar-refractivity contribution in [2.75, 3.05) is 24.5 Å². The summed E-state index contributed by atoms with van der Waals surface area (Å²) in [5.41, 5.74) is -0.347. The van der Waals surface area contributed by atoms with Gasteiger partial charge in [0.1, 0.15) is 17.5 Å². The van der Waals surface area contributed by atoms with Crippen LogP contribution in [0.15, 0.2) is 64.4 Å². The predicted octanol–water partition coefficient (Wildman–Crippen LogP) is 3.32. The highest BCUT2D eigenvalue weighted by atomic mass is 32.2. The number of sulfonamides is 1. The number of nitrogens with zero attached hydrogens (tertiary/aromatic N) is 5. The minimum atomic E-state index is -5.02. The van der Waals surface area contributed by atoms with Gasteiger partial charge in [-0.1, -0.05) is 23.5 Å². The SMILES string of the molecule is O=C(O)CCn1ncc2sc(N3CCN(S(=O)(=O)c4ccc(OC(F)(F)F)cc4)[C@@H](C(=O)NCc4ccc(OC(F)(F)F)cc4)C3)nc2c1=O. The van der Waals surface area contributed by atoms with Crippen molar-refractivity contribution in [2.24, 2.45) is 0 Å². The van der Waals surface area contributed by atoms with Gasteiger partial charge in [-0.2, -0.15) is 9.40 Å². The number of rotatable bonds is 11. The van der Waals surface area contributed by atoms with Gasteiger partial charge < -0.3 is 24.8 Å². The number of carboxylic acid groups (broad SMARTS) is 1. The lowest BCUT2D eigenvalue weighted by molar-refractivity contribution is -0.275. The molecular formula is C28H24F6N6O8S2. The number of carboxylic acids is 1. The monoisotopic (exact) mass is 750 g/mol. The summed E-state index contributed by atoms with van der Waals surface area (Å²) < 4.78 is 113. The maximum atomic E-state index is 13.8. The minimum Gasteiger partial charge on any atom is -0.481 e. The third kappa shape index (κ3) is 8.79. The van der Waals surface area contributed by atoms with Crippen molar-refractivity contribution < 1.29 is 58.9 Å². The number of hydrogen-bond donors (Lipinski definition) is 2. The van der Waals surface area contributed by atoms with E-state index in [0.29, 0.717) is 10.3 Å². The first-order valence-corrected chi connectivity index (χ1v) is 16.5. The zero-order valence-corrected chi connectivity index (χ0v) is 26.8. The Bertz CT molecular complexity index is 2040. The predicted molar refractivity (Wildman–Crippen MR) is 162 cm³/mol. The zero-order chi connectivity index (χ0) is 36.4. The van der Waals surface area contributed by atoms with E-state index in [-0.39, 0.29) is 49.8 Å². The first kappa shape index (κ1) is 36.3. The fourth-order valence-corrected chi connectivity index (χ4v) is 7.39. The molecule has 2 N–H and O–H groups in total. The molecule has 0 spiro atoms. The van der Waals surface area contributed by atoms with Crippen molar-refractivity contribution in [3.63, 3.8) is 0 Å². The number of thiazole rings is 1. The second-order valence-electron chi connectivity index (χ2n) is 10.5. The summed E-state index contributed by atoms with van der Waals surface area (Å²) in [7, 11) is -4.52. The summed E-state index contributed by atoms with van der Waals surface area (Å²) in [5.74, 6) is -3.15.